The maximum atomic E-state index is 14.3. The fourth-order valence-electron chi connectivity index (χ4n) is 8.83. The summed E-state index contributed by atoms with van der Waals surface area (Å²) in [6, 6.07) is 12.3. The molecule has 2 heterocycles. The molecule has 0 aromatic heterocycles. The predicted octanol–water partition coefficient (Wildman–Crippen LogP) is 6.40. The van der Waals surface area contributed by atoms with Crippen LogP contribution >= 0.6 is 11.6 Å². The molecule has 14 atom stereocenters. The highest BCUT2D eigenvalue weighted by atomic mass is 35.5. The minimum Gasteiger partial charge on any atom is -0.461 e. The Kier molecular flexibility index (Phi) is 17.6. The van der Waals surface area contributed by atoms with E-state index in [4.69, 9.17) is 40.4 Å². The molecule has 0 saturated carbocycles. The number of methoxy groups -OCH3 is 1. The lowest BCUT2D eigenvalue weighted by atomic mass is 9.73. The summed E-state index contributed by atoms with van der Waals surface area (Å²) < 4.78 is 45.7. The van der Waals surface area contributed by atoms with Crippen molar-refractivity contribution in [2.75, 3.05) is 21.2 Å². The maximum Gasteiger partial charge on any atom is 0.312 e. The van der Waals surface area contributed by atoms with Gasteiger partial charge in [0.2, 0.25) is 0 Å². The summed E-state index contributed by atoms with van der Waals surface area (Å²) in [7, 11) is 5.26. The van der Waals surface area contributed by atoms with Gasteiger partial charge >= 0.3 is 11.9 Å². The number of nitrogens with zero attached hydrogens (tertiary/aromatic N) is 3. The zero-order chi connectivity index (χ0) is 45.6. The Morgan fingerprint density at radius 1 is 1.02 bits per heavy atom. The molecule has 340 valence electrons. The monoisotopic (exact) mass is 875 g/mol. The van der Waals surface area contributed by atoms with E-state index in [1.807, 2.05) is 39.8 Å². The van der Waals surface area contributed by atoms with Gasteiger partial charge in [-0.25, -0.2) is 4.39 Å². The van der Waals surface area contributed by atoms with E-state index in [2.05, 4.69) is 5.10 Å². The lowest BCUT2D eigenvalue weighted by Gasteiger charge is -2.48. The lowest BCUT2D eigenvalue weighted by molar-refractivity contribution is -0.301. The first-order valence-electron chi connectivity index (χ1n) is 21.2. The third-order valence-electron chi connectivity index (χ3n) is 12.6. The third-order valence-corrected chi connectivity index (χ3v) is 12.9. The number of likely N-dealkylation sites (N-methyl/N-ethyl adjacent to an activating group) is 1. The number of esters is 2. The number of rotatable bonds is 10. The van der Waals surface area contributed by atoms with Crippen molar-refractivity contribution in [3.8, 4) is 0 Å². The van der Waals surface area contributed by atoms with Crippen LogP contribution in [0.15, 0.2) is 58.7 Å². The summed E-state index contributed by atoms with van der Waals surface area (Å²) in [6.07, 6.45) is -6.79. The molecular formula is C46H67ClFN3O10. The molecule has 3 N–H and O–H groups in total. The number of aliphatic hydroxyl groups excluding tert-OH is 2. The van der Waals surface area contributed by atoms with Crippen LogP contribution in [0.25, 0.3) is 0 Å². The molecule has 2 aromatic carbocycles. The van der Waals surface area contributed by atoms with Gasteiger partial charge in [-0.15, -0.1) is 0 Å². The molecule has 13 nitrogen and oxygen atoms in total. The first kappa shape index (κ1) is 50.3. The zero-order valence-corrected chi connectivity index (χ0v) is 38.4. The molecule has 0 amide bonds. The number of ether oxygens (including phenoxy) is 5. The van der Waals surface area contributed by atoms with Crippen molar-refractivity contribution in [1.29, 1.82) is 0 Å². The summed E-state index contributed by atoms with van der Waals surface area (Å²) in [5.74, 6) is -5.15. The topological polar surface area (TPSA) is 169 Å². The second-order valence-corrected chi connectivity index (χ2v) is 18.1. The number of hydrogen-bond donors (Lipinski definition) is 3. The lowest BCUT2D eigenvalue weighted by Crippen LogP contribution is -2.60. The largest absolute Gasteiger partial charge is 0.461 e. The van der Waals surface area contributed by atoms with E-state index in [1.165, 1.54) is 26.2 Å². The minimum atomic E-state index is -1.99. The molecule has 15 heteroatoms. The van der Waals surface area contributed by atoms with Crippen LogP contribution in [-0.2, 0) is 39.7 Å². The van der Waals surface area contributed by atoms with E-state index in [-0.39, 0.29) is 31.4 Å². The van der Waals surface area contributed by atoms with Crippen LogP contribution in [0.4, 0.5) is 4.39 Å². The number of cyclic esters (lactones) is 1. The Hall–Kier alpha value is -3.34. The second kappa shape index (κ2) is 21.4. The number of halogens is 2. The number of aliphatic hydroxyl groups is 3. The van der Waals surface area contributed by atoms with Gasteiger partial charge in [0.1, 0.15) is 29.7 Å². The molecule has 0 spiro atoms. The SMILES string of the molecule is CCC1OC(=O)C(C)C(OC(=O)Cc2ccc(Cl)cc2)C(C)C(OC2OC(C)CC(N(C)C)C2O)C(C)(OC)CC(C)C(=NN=C(C)c2ccc(F)cc2)C(C)C(O)C1(C)O. The van der Waals surface area contributed by atoms with Gasteiger partial charge in [0.05, 0.1) is 42.0 Å². The Labute approximate surface area is 365 Å². The Morgan fingerprint density at radius 2 is 1.64 bits per heavy atom. The molecule has 0 radical (unpaired) electrons. The fraction of sp³-hybridized carbons (Fsp3) is 0.652. The molecule has 2 aliphatic rings. The molecular weight excluding hydrogens is 809 g/mol. The summed E-state index contributed by atoms with van der Waals surface area (Å²) in [4.78, 5) is 30.1. The summed E-state index contributed by atoms with van der Waals surface area (Å²) >= 11 is 6.11. The van der Waals surface area contributed by atoms with Crippen molar-refractivity contribution >= 4 is 35.0 Å². The van der Waals surface area contributed by atoms with Gasteiger partial charge < -0.3 is 43.9 Å². The molecule has 4 rings (SSSR count). The Bertz CT molecular complexity index is 1830. The predicted molar refractivity (Wildman–Crippen MR) is 232 cm³/mol. The van der Waals surface area contributed by atoms with Crippen molar-refractivity contribution in [2.24, 2.45) is 33.9 Å². The highest BCUT2D eigenvalue weighted by Gasteiger charge is 2.52. The quantitative estimate of drug-likeness (QED) is 0.137. The smallest absolute Gasteiger partial charge is 0.312 e. The van der Waals surface area contributed by atoms with E-state index in [0.29, 0.717) is 34.0 Å². The second-order valence-electron chi connectivity index (χ2n) is 17.7. The normalized spacial score (nSPS) is 36.7. The number of benzene rings is 2. The van der Waals surface area contributed by atoms with Crippen LogP contribution in [-0.4, -0.2) is 125 Å². The van der Waals surface area contributed by atoms with E-state index >= 15 is 0 Å². The standard InChI is InChI=1S/C46H67ClFN3O10/c1-13-36-46(9,56)41(54)27(4)38(50-49-30(7)32-16-20-34(48)21-17-32)25(2)24-45(8,57-12)42(61-44-39(53)35(51(10)11)22-26(3)58-44)28(5)40(29(6)43(55)59-36)60-37(52)23-31-14-18-33(47)19-15-31/h14-21,25-29,35-36,39-42,44,53-54,56H,13,22-24H2,1-12H3. The van der Waals surface area contributed by atoms with E-state index in [1.54, 1.807) is 71.0 Å². The summed E-state index contributed by atoms with van der Waals surface area (Å²) in [5, 5.41) is 45.6. The Balaban J connectivity index is 1.92. The maximum absolute atomic E-state index is 14.3. The van der Waals surface area contributed by atoms with Crippen LogP contribution in [0.3, 0.4) is 0 Å². The molecule has 0 aliphatic carbocycles. The highest BCUT2D eigenvalue weighted by molar-refractivity contribution is 6.30. The van der Waals surface area contributed by atoms with Gasteiger partial charge in [-0.1, -0.05) is 63.6 Å². The van der Waals surface area contributed by atoms with Crippen LogP contribution in [0.1, 0.15) is 92.7 Å². The Morgan fingerprint density at radius 3 is 2.21 bits per heavy atom. The van der Waals surface area contributed by atoms with Gasteiger partial charge in [0, 0.05) is 35.7 Å². The zero-order valence-electron chi connectivity index (χ0n) is 37.7. The van der Waals surface area contributed by atoms with Crippen molar-refractivity contribution in [3.05, 3.63) is 70.5 Å². The number of carbonyl (C=O) groups is 2. The molecule has 0 bridgehead atoms. The van der Waals surface area contributed by atoms with Crippen LogP contribution in [0, 0.1) is 29.5 Å². The van der Waals surface area contributed by atoms with Crippen LogP contribution in [0.5, 0.6) is 0 Å². The molecule has 14 unspecified atom stereocenters. The third kappa shape index (κ3) is 12.2. The van der Waals surface area contributed by atoms with Crippen molar-refractivity contribution in [2.45, 2.75) is 148 Å². The molecule has 2 saturated heterocycles. The van der Waals surface area contributed by atoms with E-state index in [0.717, 1.165) is 0 Å². The number of hydrogen-bond acceptors (Lipinski definition) is 13. The number of carbonyl (C=O) groups excluding carboxylic acids is 2. The summed E-state index contributed by atoms with van der Waals surface area (Å²) in [6.45, 7) is 15.6. The minimum absolute atomic E-state index is 0.130. The van der Waals surface area contributed by atoms with Crippen molar-refractivity contribution in [1.82, 2.24) is 4.90 Å². The van der Waals surface area contributed by atoms with E-state index < -0.39 is 89.4 Å². The van der Waals surface area contributed by atoms with Crippen LogP contribution in [0.2, 0.25) is 5.02 Å². The fourth-order valence-corrected chi connectivity index (χ4v) is 8.95. The first-order valence-corrected chi connectivity index (χ1v) is 21.6. The van der Waals surface area contributed by atoms with E-state index in [9.17, 15) is 29.3 Å². The van der Waals surface area contributed by atoms with Gasteiger partial charge in [0.25, 0.3) is 0 Å². The molecule has 61 heavy (non-hydrogen) atoms. The first-order chi connectivity index (χ1) is 28.5. The average Bonchev–Trinajstić information content (AvgIpc) is 3.21. The van der Waals surface area contributed by atoms with Gasteiger partial charge in [-0.3, -0.25) is 9.59 Å². The van der Waals surface area contributed by atoms with Gasteiger partial charge in [0.15, 0.2) is 6.29 Å². The molecule has 2 aromatic rings. The average molecular weight is 877 g/mol. The molecule has 2 aliphatic heterocycles. The van der Waals surface area contributed by atoms with Gasteiger partial charge in [-0.2, -0.15) is 10.2 Å². The van der Waals surface area contributed by atoms with Crippen molar-refractivity contribution < 1.29 is 53.0 Å². The summed E-state index contributed by atoms with van der Waals surface area (Å²) in [5.41, 5.74) is -1.15. The van der Waals surface area contributed by atoms with Crippen molar-refractivity contribution in [3.63, 3.8) is 0 Å². The van der Waals surface area contributed by atoms with Crippen LogP contribution < -0.4 is 0 Å². The van der Waals surface area contributed by atoms with Gasteiger partial charge in [-0.05, 0) is 109 Å². The highest BCUT2D eigenvalue weighted by Crippen LogP contribution is 2.40. The molecule has 2 fully saturated rings.